The first-order valence-electron chi connectivity index (χ1n) is 5.91. The van der Waals surface area contributed by atoms with E-state index in [-0.39, 0.29) is 12.4 Å². The van der Waals surface area contributed by atoms with Crippen molar-refractivity contribution in [2.45, 2.75) is 33.0 Å². The van der Waals surface area contributed by atoms with Crippen LogP contribution in [0.5, 0.6) is 0 Å². The van der Waals surface area contributed by atoms with Crippen LogP contribution in [-0.4, -0.2) is 30.6 Å². The Balaban J connectivity index is 2.92. The molecule has 0 aliphatic carbocycles. The van der Waals surface area contributed by atoms with E-state index in [1.165, 1.54) is 0 Å². The van der Waals surface area contributed by atoms with Crippen molar-refractivity contribution < 1.29 is 9.53 Å². The second-order valence-electron chi connectivity index (χ2n) is 4.83. The van der Waals surface area contributed by atoms with Gasteiger partial charge in [-0.1, -0.05) is 25.6 Å². The quantitative estimate of drug-likeness (QED) is 0.473. The van der Waals surface area contributed by atoms with E-state index in [0.29, 0.717) is 18.0 Å². The number of nitrogens with zero attached hydrogens (tertiary/aromatic N) is 2. The van der Waals surface area contributed by atoms with Gasteiger partial charge >= 0.3 is 5.97 Å². The van der Waals surface area contributed by atoms with Crippen molar-refractivity contribution in [2.24, 2.45) is 0 Å². The zero-order valence-corrected chi connectivity index (χ0v) is 12.3. The van der Waals surface area contributed by atoms with Gasteiger partial charge in [0.05, 0.1) is 18.7 Å². The number of aromatic nitrogens is 2. The Morgan fingerprint density at radius 2 is 2.00 bits per heavy atom. The molecule has 0 aliphatic heterocycles. The first-order valence-corrected chi connectivity index (χ1v) is 9.41. The Bertz CT molecular complexity index is 484. The summed E-state index contributed by atoms with van der Waals surface area (Å²) in [5.74, 6) is 2.73. The van der Waals surface area contributed by atoms with Crippen molar-refractivity contribution >= 4 is 14.0 Å². The van der Waals surface area contributed by atoms with Gasteiger partial charge in [0, 0.05) is 12.4 Å². The molecule has 1 aromatic heterocycles. The first-order chi connectivity index (χ1) is 8.42. The van der Waals surface area contributed by atoms with E-state index in [1.54, 1.807) is 19.3 Å². The average molecular weight is 262 g/mol. The normalized spacial score (nSPS) is 10.4. The second kappa shape index (κ2) is 6.31. The monoisotopic (exact) mass is 262 g/mol. The van der Waals surface area contributed by atoms with Gasteiger partial charge in [0.1, 0.15) is 13.8 Å². The number of rotatable bonds is 3. The van der Waals surface area contributed by atoms with Crippen LogP contribution in [0.3, 0.4) is 0 Å². The van der Waals surface area contributed by atoms with Gasteiger partial charge < -0.3 is 4.74 Å². The van der Waals surface area contributed by atoms with E-state index < -0.39 is 8.07 Å². The van der Waals surface area contributed by atoms with Gasteiger partial charge in [0.25, 0.3) is 0 Å². The molecule has 0 atom stereocenters. The van der Waals surface area contributed by atoms with Gasteiger partial charge in [-0.25, -0.2) is 4.98 Å². The smallest absolute Gasteiger partial charge is 0.311 e. The van der Waals surface area contributed by atoms with Crippen molar-refractivity contribution in [3.05, 3.63) is 23.8 Å². The third-order valence-corrected chi connectivity index (χ3v) is 2.82. The second-order valence-corrected chi connectivity index (χ2v) is 9.58. The topological polar surface area (TPSA) is 52.1 Å². The van der Waals surface area contributed by atoms with Gasteiger partial charge in [-0.2, -0.15) is 0 Å². The lowest BCUT2D eigenvalue weighted by Crippen LogP contribution is -2.17. The van der Waals surface area contributed by atoms with E-state index in [9.17, 15) is 4.79 Å². The molecule has 0 saturated heterocycles. The van der Waals surface area contributed by atoms with Gasteiger partial charge in [-0.15, -0.1) is 5.54 Å². The molecule has 0 aromatic carbocycles. The van der Waals surface area contributed by atoms with Crippen LogP contribution >= 0.6 is 0 Å². The van der Waals surface area contributed by atoms with Gasteiger partial charge in [-0.05, 0) is 6.92 Å². The van der Waals surface area contributed by atoms with E-state index in [1.807, 2.05) is 0 Å². The number of carbonyl (C=O) groups is 1. The molecule has 0 radical (unpaired) electrons. The summed E-state index contributed by atoms with van der Waals surface area (Å²) < 4.78 is 4.90. The number of hydrogen-bond donors (Lipinski definition) is 0. The van der Waals surface area contributed by atoms with E-state index >= 15 is 0 Å². The third-order valence-electron chi connectivity index (χ3n) is 1.95. The minimum absolute atomic E-state index is 0.122. The highest BCUT2D eigenvalue weighted by molar-refractivity contribution is 6.83. The largest absolute Gasteiger partial charge is 0.466 e. The van der Waals surface area contributed by atoms with Crippen LogP contribution in [0.25, 0.3) is 0 Å². The van der Waals surface area contributed by atoms with E-state index in [4.69, 9.17) is 4.74 Å². The van der Waals surface area contributed by atoms with Crippen LogP contribution in [-0.2, 0) is 16.0 Å². The fourth-order valence-corrected chi connectivity index (χ4v) is 1.69. The highest BCUT2D eigenvalue weighted by Gasteiger charge is 2.11. The van der Waals surface area contributed by atoms with Crippen LogP contribution in [0.15, 0.2) is 12.4 Å². The highest BCUT2D eigenvalue weighted by Crippen LogP contribution is 2.04. The van der Waals surface area contributed by atoms with Gasteiger partial charge in [-0.3, -0.25) is 9.78 Å². The van der Waals surface area contributed by atoms with Crippen LogP contribution in [0, 0.1) is 11.5 Å². The summed E-state index contributed by atoms with van der Waals surface area (Å²) in [4.78, 5) is 19.8. The van der Waals surface area contributed by atoms with Crippen LogP contribution < -0.4 is 0 Å². The highest BCUT2D eigenvalue weighted by atomic mass is 28.3. The molecule has 4 nitrogen and oxygen atoms in total. The molecule has 96 valence electrons. The molecule has 0 spiro atoms. The molecule has 18 heavy (non-hydrogen) atoms. The molecule has 0 amide bonds. The van der Waals surface area contributed by atoms with Gasteiger partial charge in [0.2, 0.25) is 0 Å². The van der Waals surface area contributed by atoms with Crippen molar-refractivity contribution in [2.75, 3.05) is 6.61 Å². The van der Waals surface area contributed by atoms with E-state index in [2.05, 4.69) is 41.1 Å². The SMILES string of the molecule is CCOC(=O)Cc1nccnc1C#C[Si](C)(C)C. The number of hydrogen-bond acceptors (Lipinski definition) is 4. The van der Waals surface area contributed by atoms with Crippen molar-refractivity contribution in [3.8, 4) is 11.5 Å². The Labute approximate surface area is 109 Å². The predicted octanol–water partition coefficient (Wildman–Crippen LogP) is 1.81. The molecule has 0 N–H and O–H groups in total. The average Bonchev–Trinajstić information content (AvgIpc) is 2.27. The molecule has 0 aliphatic rings. The zero-order valence-electron chi connectivity index (χ0n) is 11.3. The van der Waals surface area contributed by atoms with Gasteiger partial charge in [0.15, 0.2) is 0 Å². The Morgan fingerprint density at radius 1 is 1.33 bits per heavy atom. The maximum absolute atomic E-state index is 11.4. The first kappa shape index (κ1) is 14.4. The maximum Gasteiger partial charge on any atom is 0.311 e. The van der Waals surface area contributed by atoms with Crippen molar-refractivity contribution in [1.82, 2.24) is 9.97 Å². The third kappa shape index (κ3) is 5.10. The van der Waals surface area contributed by atoms with Crippen LogP contribution in [0.2, 0.25) is 19.6 Å². The number of esters is 1. The standard InChI is InChI=1S/C13H18N2O2Si/c1-5-17-13(16)10-12-11(14-7-8-15-12)6-9-18(2,3)4/h7-8H,5,10H2,1-4H3. The van der Waals surface area contributed by atoms with Crippen LogP contribution in [0.1, 0.15) is 18.3 Å². The van der Waals surface area contributed by atoms with Crippen LogP contribution in [0.4, 0.5) is 0 Å². The minimum Gasteiger partial charge on any atom is -0.466 e. The Hall–Kier alpha value is -1.67. The number of ether oxygens (including phenoxy) is 1. The molecule has 1 heterocycles. The molecule has 1 rings (SSSR count). The summed E-state index contributed by atoms with van der Waals surface area (Å²) in [5, 5.41) is 0. The fourth-order valence-electron chi connectivity index (χ4n) is 1.20. The molecule has 1 aromatic rings. The summed E-state index contributed by atoms with van der Waals surface area (Å²) in [5.41, 5.74) is 4.38. The van der Waals surface area contributed by atoms with E-state index in [0.717, 1.165) is 0 Å². The summed E-state index contributed by atoms with van der Waals surface area (Å²) in [7, 11) is -1.46. The molecular weight excluding hydrogens is 244 g/mol. The molecule has 5 heteroatoms. The summed E-state index contributed by atoms with van der Waals surface area (Å²) in [6, 6.07) is 0. The lowest BCUT2D eigenvalue weighted by molar-refractivity contribution is -0.142. The maximum atomic E-state index is 11.4. The summed E-state index contributed by atoms with van der Waals surface area (Å²) in [6.07, 6.45) is 3.27. The lowest BCUT2D eigenvalue weighted by Gasteiger charge is -2.05. The predicted molar refractivity (Wildman–Crippen MR) is 72.6 cm³/mol. The Morgan fingerprint density at radius 3 is 2.61 bits per heavy atom. The molecule has 0 unspecified atom stereocenters. The summed E-state index contributed by atoms with van der Waals surface area (Å²) in [6.45, 7) is 8.61. The molecule has 0 bridgehead atoms. The fraction of sp³-hybridized carbons (Fsp3) is 0.462. The van der Waals surface area contributed by atoms with Crippen molar-refractivity contribution in [1.29, 1.82) is 0 Å². The summed E-state index contributed by atoms with van der Waals surface area (Å²) >= 11 is 0. The zero-order chi connectivity index (χ0) is 13.6. The molecule has 0 saturated carbocycles. The van der Waals surface area contributed by atoms with Crippen molar-refractivity contribution in [3.63, 3.8) is 0 Å². The lowest BCUT2D eigenvalue weighted by atomic mass is 10.2. The molecule has 0 fully saturated rings. The molecular formula is C13H18N2O2Si. The number of carbonyl (C=O) groups excluding carboxylic acids is 1. The Kier molecular flexibility index (Phi) is 5.04. The minimum atomic E-state index is -1.46.